The molecule has 4 nitrogen and oxygen atoms in total. The van der Waals surface area contributed by atoms with Gasteiger partial charge in [-0.25, -0.2) is 0 Å². The molecule has 1 atom stereocenters. The van der Waals surface area contributed by atoms with Crippen molar-refractivity contribution in [3.05, 3.63) is 11.7 Å². The lowest BCUT2D eigenvalue weighted by molar-refractivity contribution is 0.254. The lowest BCUT2D eigenvalue weighted by Crippen LogP contribution is -2.24. The van der Waals surface area contributed by atoms with E-state index in [-0.39, 0.29) is 6.04 Å². The Morgan fingerprint density at radius 3 is 2.26 bits per heavy atom. The van der Waals surface area contributed by atoms with Crippen LogP contribution in [0.4, 0.5) is 0 Å². The predicted molar refractivity (Wildman–Crippen MR) is 73.6 cm³/mol. The van der Waals surface area contributed by atoms with Crippen molar-refractivity contribution in [3.63, 3.8) is 0 Å². The summed E-state index contributed by atoms with van der Waals surface area (Å²) >= 11 is 0. The third kappa shape index (κ3) is 2.99. The normalized spacial score (nSPS) is 24.5. The fraction of sp³-hybridized carbons (Fsp3) is 0.867. The standard InChI is InChI=1S/C15H25N3O/c16-13(11-7-3-1-4-8-11)15-17-14(18-19-15)12-9-5-2-6-10-12/h11-13H,1-10,16H2. The largest absolute Gasteiger partial charge is 0.338 e. The Bertz CT molecular complexity index is 392. The van der Waals surface area contributed by atoms with Crippen LogP contribution in [0.5, 0.6) is 0 Å². The fourth-order valence-electron chi connectivity index (χ4n) is 3.60. The van der Waals surface area contributed by atoms with Gasteiger partial charge in [0.15, 0.2) is 5.82 Å². The Morgan fingerprint density at radius 2 is 1.58 bits per heavy atom. The molecular formula is C15H25N3O. The van der Waals surface area contributed by atoms with Crippen molar-refractivity contribution in [3.8, 4) is 0 Å². The molecule has 2 fully saturated rings. The van der Waals surface area contributed by atoms with Crippen molar-refractivity contribution < 1.29 is 4.52 Å². The molecule has 1 aromatic rings. The van der Waals surface area contributed by atoms with Crippen LogP contribution in [0.2, 0.25) is 0 Å². The van der Waals surface area contributed by atoms with Gasteiger partial charge in [0.05, 0.1) is 6.04 Å². The topological polar surface area (TPSA) is 64.9 Å². The maximum atomic E-state index is 6.32. The minimum atomic E-state index is -0.0508. The monoisotopic (exact) mass is 263 g/mol. The molecule has 0 spiro atoms. The summed E-state index contributed by atoms with van der Waals surface area (Å²) in [5, 5.41) is 4.19. The Balaban J connectivity index is 1.65. The van der Waals surface area contributed by atoms with Crippen molar-refractivity contribution in [1.29, 1.82) is 0 Å². The second-order valence-electron chi connectivity index (χ2n) is 6.25. The first-order valence-electron chi connectivity index (χ1n) is 7.93. The molecule has 2 aliphatic rings. The maximum Gasteiger partial charge on any atom is 0.243 e. The molecule has 1 unspecified atom stereocenters. The van der Waals surface area contributed by atoms with Gasteiger partial charge in [-0.1, -0.05) is 43.7 Å². The Morgan fingerprint density at radius 1 is 0.947 bits per heavy atom. The minimum absolute atomic E-state index is 0.0508. The van der Waals surface area contributed by atoms with Gasteiger partial charge in [-0.2, -0.15) is 4.98 Å². The van der Waals surface area contributed by atoms with Crippen molar-refractivity contribution in [2.24, 2.45) is 11.7 Å². The molecule has 0 radical (unpaired) electrons. The van der Waals surface area contributed by atoms with Gasteiger partial charge < -0.3 is 10.3 Å². The zero-order valence-corrected chi connectivity index (χ0v) is 11.7. The third-order valence-electron chi connectivity index (χ3n) is 4.87. The van der Waals surface area contributed by atoms with Crippen molar-refractivity contribution in [2.45, 2.75) is 76.2 Å². The van der Waals surface area contributed by atoms with Gasteiger partial charge in [-0.3, -0.25) is 0 Å². The van der Waals surface area contributed by atoms with Crippen molar-refractivity contribution >= 4 is 0 Å². The lowest BCUT2D eigenvalue weighted by Gasteiger charge is -2.24. The SMILES string of the molecule is NC(c1nc(C2CCCCC2)no1)C1CCCCC1. The molecule has 1 heterocycles. The number of hydrogen-bond donors (Lipinski definition) is 1. The van der Waals surface area contributed by atoms with E-state index in [0.29, 0.717) is 17.7 Å². The zero-order chi connectivity index (χ0) is 13.1. The van der Waals surface area contributed by atoms with Crippen LogP contribution in [0.1, 0.15) is 87.9 Å². The van der Waals surface area contributed by atoms with Crippen LogP contribution in [0.3, 0.4) is 0 Å². The van der Waals surface area contributed by atoms with Gasteiger partial charge in [0, 0.05) is 5.92 Å². The summed E-state index contributed by atoms with van der Waals surface area (Å²) in [4.78, 5) is 4.61. The average molecular weight is 263 g/mol. The molecule has 0 saturated heterocycles. The van der Waals surface area contributed by atoms with E-state index in [1.807, 2.05) is 0 Å². The molecule has 106 valence electrons. The number of hydrogen-bond acceptors (Lipinski definition) is 4. The highest BCUT2D eigenvalue weighted by Gasteiger charge is 2.28. The van der Waals surface area contributed by atoms with Crippen LogP contribution in [0.25, 0.3) is 0 Å². The van der Waals surface area contributed by atoms with Crippen molar-refractivity contribution in [2.75, 3.05) is 0 Å². The molecule has 2 N–H and O–H groups in total. The summed E-state index contributed by atoms with van der Waals surface area (Å²) in [5.74, 6) is 2.62. The van der Waals surface area contributed by atoms with Gasteiger partial charge in [0.2, 0.25) is 5.89 Å². The quantitative estimate of drug-likeness (QED) is 0.903. The molecule has 0 aromatic carbocycles. The van der Waals surface area contributed by atoms with E-state index in [1.165, 1.54) is 64.2 Å². The Hall–Kier alpha value is -0.900. The first-order valence-corrected chi connectivity index (χ1v) is 7.93. The molecule has 2 aliphatic carbocycles. The average Bonchev–Trinajstić information content (AvgIpc) is 2.98. The summed E-state index contributed by atoms with van der Waals surface area (Å²) < 4.78 is 5.45. The predicted octanol–water partition coefficient (Wildman–Crippen LogP) is 3.70. The first-order chi connectivity index (χ1) is 9.34. The van der Waals surface area contributed by atoms with E-state index in [9.17, 15) is 0 Å². The number of rotatable bonds is 3. The van der Waals surface area contributed by atoms with E-state index in [2.05, 4.69) is 10.1 Å². The van der Waals surface area contributed by atoms with E-state index >= 15 is 0 Å². The van der Waals surface area contributed by atoms with Crippen LogP contribution in [-0.4, -0.2) is 10.1 Å². The van der Waals surface area contributed by atoms with E-state index < -0.39 is 0 Å². The number of nitrogens with two attached hydrogens (primary N) is 1. The highest BCUT2D eigenvalue weighted by molar-refractivity contribution is 5.00. The van der Waals surface area contributed by atoms with E-state index in [0.717, 1.165) is 5.82 Å². The van der Waals surface area contributed by atoms with Crippen molar-refractivity contribution in [1.82, 2.24) is 10.1 Å². The summed E-state index contributed by atoms with van der Waals surface area (Å²) in [6, 6.07) is -0.0508. The summed E-state index contributed by atoms with van der Waals surface area (Å²) in [7, 11) is 0. The highest BCUT2D eigenvalue weighted by Crippen LogP contribution is 2.34. The second-order valence-corrected chi connectivity index (χ2v) is 6.25. The highest BCUT2D eigenvalue weighted by atomic mass is 16.5. The number of aromatic nitrogens is 2. The van der Waals surface area contributed by atoms with E-state index in [1.54, 1.807) is 0 Å². The molecule has 19 heavy (non-hydrogen) atoms. The van der Waals surface area contributed by atoms with Crippen LogP contribution in [0, 0.1) is 5.92 Å². The summed E-state index contributed by atoms with van der Waals surface area (Å²) in [6.45, 7) is 0. The number of nitrogens with zero attached hydrogens (tertiary/aromatic N) is 2. The van der Waals surface area contributed by atoms with Gasteiger partial charge in [-0.15, -0.1) is 0 Å². The first kappa shape index (κ1) is 13.1. The molecular weight excluding hydrogens is 238 g/mol. The molecule has 3 rings (SSSR count). The Labute approximate surface area is 115 Å². The minimum Gasteiger partial charge on any atom is -0.338 e. The Kier molecular flexibility index (Phi) is 4.16. The lowest BCUT2D eigenvalue weighted by atomic mass is 9.84. The molecule has 0 aliphatic heterocycles. The third-order valence-corrected chi connectivity index (χ3v) is 4.87. The van der Waals surface area contributed by atoms with Gasteiger partial charge in [0.25, 0.3) is 0 Å². The molecule has 0 amide bonds. The van der Waals surface area contributed by atoms with Gasteiger partial charge >= 0.3 is 0 Å². The van der Waals surface area contributed by atoms with Crippen LogP contribution in [-0.2, 0) is 0 Å². The second kappa shape index (κ2) is 6.04. The smallest absolute Gasteiger partial charge is 0.243 e. The van der Waals surface area contributed by atoms with Crippen LogP contribution >= 0.6 is 0 Å². The maximum absolute atomic E-state index is 6.32. The molecule has 1 aromatic heterocycles. The zero-order valence-electron chi connectivity index (χ0n) is 11.7. The molecule has 4 heteroatoms. The van der Waals surface area contributed by atoms with Crippen LogP contribution in [0.15, 0.2) is 4.52 Å². The van der Waals surface area contributed by atoms with Gasteiger partial charge in [0.1, 0.15) is 0 Å². The molecule has 0 bridgehead atoms. The van der Waals surface area contributed by atoms with E-state index in [4.69, 9.17) is 10.3 Å². The molecule has 2 saturated carbocycles. The van der Waals surface area contributed by atoms with Crippen LogP contribution < -0.4 is 5.73 Å². The summed E-state index contributed by atoms with van der Waals surface area (Å²) in [5.41, 5.74) is 6.32. The summed E-state index contributed by atoms with van der Waals surface area (Å²) in [6.07, 6.45) is 12.7. The fourth-order valence-corrected chi connectivity index (χ4v) is 3.60. The van der Waals surface area contributed by atoms with Gasteiger partial charge in [-0.05, 0) is 31.6 Å².